The summed E-state index contributed by atoms with van der Waals surface area (Å²) >= 11 is 0. The summed E-state index contributed by atoms with van der Waals surface area (Å²) in [5.74, 6) is 0.00570. The van der Waals surface area contributed by atoms with Crippen LogP contribution < -0.4 is 30.3 Å². The molecule has 11 nitrogen and oxygen atoms in total. The molecular weight excluding hydrogens is 540 g/mol. The second-order valence-electron chi connectivity index (χ2n) is 9.41. The summed E-state index contributed by atoms with van der Waals surface area (Å²) in [6.07, 6.45) is -1.10. The van der Waals surface area contributed by atoms with E-state index in [9.17, 15) is 14.4 Å². The topological polar surface area (TPSA) is 127 Å². The van der Waals surface area contributed by atoms with E-state index < -0.39 is 36.1 Å². The molecule has 4 amide bonds. The van der Waals surface area contributed by atoms with Crippen LogP contribution in [0.4, 0.5) is 21.9 Å². The average Bonchev–Trinajstić information content (AvgIpc) is 3.20. The van der Waals surface area contributed by atoms with Crippen molar-refractivity contribution in [1.29, 1.82) is 0 Å². The largest absolute Gasteiger partial charge is 0.497 e. The Morgan fingerprint density at radius 1 is 0.881 bits per heavy atom. The van der Waals surface area contributed by atoms with Gasteiger partial charge in [-0.3, -0.25) is 9.59 Å². The van der Waals surface area contributed by atoms with Crippen LogP contribution in [0.15, 0.2) is 72.8 Å². The Balaban J connectivity index is 1.71. The number of anilines is 3. The van der Waals surface area contributed by atoms with E-state index in [1.807, 2.05) is 13.8 Å². The van der Waals surface area contributed by atoms with Crippen LogP contribution in [0.2, 0.25) is 0 Å². The minimum absolute atomic E-state index is 0.0621. The molecule has 1 atom stereocenters. The summed E-state index contributed by atoms with van der Waals surface area (Å²) < 4.78 is 22.1. The van der Waals surface area contributed by atoms with Gasteiger partial charge in [-0.25, -0.2) is 4.79 Å². The number of fused-ring (bicyclic) bond motifs is 1. The lowest BCUT2D eigenvalue weighted by atomic mass is 9.87. The van der Waals surface area contributed by atoms with Crippen molar-refractivity contribution in [2.75, 3.05) is 49.5 Å². The molecule has 42 heavy (non-hydrogen) atoms. The van der Waals surface area contributed by atoms with Gasteiger partial charge in [-0.2, -0.15) is 0 Å². The van der Waals surface area contributed by atoms with E-state index in [2.05, 4.69) is 16.0 Å². The number of methoxy groups -OCH3 is 2. The molecule has 1 unspecified atom stereocenters. The van der Waals surface area contributed by atoms with E-state index in [1.165, 1.54) is 19.1 Å². The van der Waals surface area contributed by atoms with Crippen LogP contribution in [-0.4, -0.2) is 58.1 Å². The maximum absolute atomic E-state index is 14.4. The van der Waals surface area contributed by atoms with Crippen LogP contribution in [0.1, 0.15) is 25.8 Å². The first kappa shape index (κ1) is 30.4. The molecule has 3 aromatic rings. The van der Waals surface area contributed by atoms with Crippen molar-refractivity contribution >= 4 is 34.9 Å². The first-order valence-electron chi connectivity index (χ1n) is 13.7. The normalized spacial score (nSPS) is 15.7. The summed E-state index contributed by atoms with van der Waals surface area (Å²) in [6, 6.07) is 20.1. The van der Waals surface area contributed by atoms with Crippen LogP contribution in [0.25, 0.3) is 0 Å². The molecule has 222 valence electrons. The third-order valence-corrected chi connectivity index (χ3v) is 6.76. The average molecular weight is 577 g/mol. The van der Waals surface area contributed by atoms with Crippen molar-refractivity contribution in [3.05, 3.63) is 78.4 Å². The van der Waals surface area contributed by atoms with Gasteiger partial charge in [-0.1, -0.05) is 36.4 Å². The smallest absolute Gasteiger partial charge is 0.320 e. The fraction of sp³-hybridized carbons (Fsp3) is 0.323. The zero-order valence-electron chi connectivity index (χ0n) is 24.1. The van der Waals surface area contributed by atoms with E-state index >= 15 is 0 Å². The Hall–Kier alpha value is -4.61. The van der Waals surface area contributed by atoms with Gasteiger partial charge in [0.2, 0.25) is 5.91 Å². The summed E-state index contributed by atoms with van der Waals surface area (Å²) in [4.78, 5) is 42.9. The molecule has 0 bridgehead atoms. The molecule has 0 radical (unpaired) electrons. The first-order valence-corrected chi connectivity index (χ1v) is 13.7. The number of amides is 4. The molecule has 0 saturated carbocycles. The van der Waals surface area contributed by atoms with Crippen LogP contribution >= 0.6 is 0 Å². The summed E-state index contributed by atoms with van der Waals surface area (Å²) in [5, 5.41) is 8.42. The molecule has 0 spiro atoms. The minimum Gasteiger partial charge on any atom is -0.497 e. The Kier molecular flexibility index (Phi) is 10.00. The molecule has 0 saturated heterocycles. The molecule has 0 aliphatic carbocycles. The van der Waals surface area contributed by atoms with Crippen LogP contribution in [0.5, 0.6) is 11.5 Å². The maximum Gasteiger partial charge on any atom is 0.320 e. The van der Waals surface area contributed by atoms with Crippen molar-refractivity contribution in [1.82, 2.24) is 5.32 Å². The highest BCUT2D eigenvalue weighted by Gasteiger charge is 2.53. The van der Waals surface area contributed by atoms with Crippen molar-refractivity contribution in [3.8, 4) is 11.5 Å². The highest BCUT2D eigenvalue weighted by molar-refractivity contribution is 6.13. The maximum atomic E-state index is 14.4. The molecule has 3 aromatic carbocycles. The summed E-state index contributed by atoms with van der Waals surface area (Å²) in [7, 11) is 3.02. The lowest BCUT2D eigenvalue weighted by Crippen LogP contribution is -2.56. The number of benzene rings is 3. The number of hydrogen-bond donors (Lipinski definition) is 3. The number of nitrogens with zero attached hydrogens (tertiary/aromatic N) is 1. The van der Waals surface area contributed by atoms with Gasteiger partial charge in [0.25, 0.3) is 5.91 Å². The monoisotopic (exact) mass is 576 g/mol. The van der Waals surface area contributed by atoms with Crippen molar-refractivity contribution in [2.45, 2.75) is 32.1 Å². The molecule has 1 aliphatic rings. The van der Waals surface area contributed by atoms with E-state index in [0.717, 1.165) is 0 Å². The second kappa shape index (κ2) is 13.8. The Bertz CT molecular complexity index is 1410. The van der Waals surface area contributed by atoms with Crippen molar-refractivity contribution < 1.29 is 33.3 Å². The second-order valence-corrected chi connectivity index (χ2v) is 9.41. The molecular formula is C31H36N4O7. The zero-order valence-corrected chi connectivity index (χ0v) is 24.1. The standard InChI is InChI=1S/C31H36N4O7/c1-5-41-28(42-6-2)20-35-25-16-9-7-14-23(25)31(29(35)37,19-27(36)33-24-15-8-10-17-26(24)40-4)34-30(38)32-21-12-11-13-22(18-21)39-3/h7-18,28H,5-6,19-20H2,1-4H3,(H,33,36)(H2,32,34,38). The Labute approximate surface area is 245 Å². The fourth-order valence-corrected chi connectivity index (χ4v) is 4.96. The highest BCUT2D eigenvalue weighted by Crippen LogP contribution is 2.43. The van der Waals surface area contributed by atoms with Gasteiger partial charge in [-0.05, 0) is 44.2 Å². The lowest BCUT2D eigenvalue weighted by Gasteiger charge is -2.30. The number of carbonyl (C=O) groups is 3. The molecule has 11 heteroatoms. The molecule has 0 fully saturated rings. The van der Waals surface area contributed by atoms with Gasteiger partial charge >= 0.3 is 6.03 Å². The lowest BCUT2D eigenvalue weighted by molar-refractivity contribution is -0.138. The van der Waals surface area contributed by atoms with E-state index in [0.29, 0.717) is 47.3 Å². The van der Waals surface area contributed by atoms with Crippen molar-refractivity contribution in [2.24, 2.45) is 0 Å². The van der Waals surface area contributed by atoms with Crippen LogP contribution in [0.3, 0.4) is 0 Å². The van der Waals surface area contributed by atoms with Gasteiger partial charge < -0.3 is 39.8 Å². The Morgan fingerprint density at radius 3 is 2.31 bits per heavy atom. The van der Waals surface area contributed by atoms with Gasteiger partial charge in [0.05, 0.1) is 38.6 Å². The quantitative estimate of drug-likeness (QED) is 0.256. The number of nitrogens with one attached hydrogen (secondary N) is 3. The number of ether oxygens (including phenoxy) is 4. The number of hydrogen-bond acceptors (Lipinski definition) is 7. The van der Waals surface area contributed by atoms with Gasteiger partial charge in [0.15, 0.2) is 11.8 Å². The number of rotatable bonds is 13. The third kappa shape index (κ3) is 6.64. The van der Waals surface area contributed by atoms with E-state index in [4.69, 9.17) is 18.9 Å². The number of urea groups is 1. The predicted octanol–water partition coefficient (Wildman–Crippen LogP) is 4.50. The van der Waals surface area contributed by atoms with Crippen molar-refractivity contribution in [3.63, 3.8) is 0 Å². The van der Waals surface area contributed by atoms with E-state index in [-0.39, 0.29) is 6.54 Å². The number of para-hydroxylation sites is 3. The van der Waals surface area contributed by atoms with Gasteiger partial charge in [0, 0.05) is 30.5 Å². The predicted molar refractivity (Wildman–Crippen MR) is 159 cm³/mol. The highest BCUT2D eigenvalue weighted by atomic mass is 16.7. The Morgan fingerprint density at radius 2 is 1.60 bits per heavy atom. The van der Waals surface area contributed by atoms with Gasteiger partial charge in [-0.15, -0.1) is 0 Å². The SMILES string of the molecule is CCOC(CN1C(=O)C(CC(=O)Nc2ccccc2OC)(NC(=O)Nc2cccc(OC)c2)c2ccccc21)OCC. The molecule has 1 aliphatic heterocycles. The van der Waals surface area contributed by atoms with Crippen LogP contribution in [0, 0.1) is 0 Å². The third-order valence-electron chi connectivity index (χ3n) is 6.76. The summed E-state index contributed by atoms with van der Waals surface area (Å²) in [6.45, 7) is 4.49. The molecule has 0 aromatic heterocycles. The number of carbonyl (C=O) groups excluding carboxylic acids is 3. The van der Waals surface area contributed by atoms with Crippen LogP contribution in [-0.2, 0) is 24.6 Å². The molecule has 3 N–H and O–H groups in total. The fourth-order valence-electron chi connectivity index (χ4n) is 4.96. The zero-order chi connectivity index (χ0) is 30.1. The van der Waals surface area contributed by atoms with E-state index in [1.54, 1.807) is 72.8 Å². The summed E-state index contributed by atoms with van der Waals surface area (Å²) in [5.41, 5.74) is 0.152. The first-order chi connectivity index (χ1) is 20.3. The minimum atomic E-state index is -1.74. The van der Waals surface area contributed by atoms with Gasteiger partial charge in [0.1, 0.15) is 11.5 Å². The molecule has 1 heterocycles. The molecule has 4 rings (SSSR count).